The van der Waals surface area contributed by atoms with Gasteiger partial charge in [-0.05, 0) is 17.2 Å². The molecule has 74 valence electrons. The van der Waals surface area contributed by atoms with E-state index in [2.05, 4.69) is 12.6 Å². The minimum absolute atomic E-state index is 0.130. The quantitative estimate of drug-likeness (QED) is 0.536. The van der Waals surface area contributed by atoms with Crippen LogP contribution in [0.1, 0.15) is 16.5 Å². The number of likely N-dealkylation sites (N-methyl/N-ethyl adjacent to an activating group) is 1. The van der Waals surface area contributed by atoms with Crippen molar-refractivity contribution in [2.75, 3.05) is 11.9 Å². The van der Waals surface area contributed by atoms with Gasteiger partial charge in [0, 0.05) is 12.7 Å². The van der Waals surface area contributed by atoms with Crippen molar-refractivity contribution in [3.05, 3.63) is 29.3 Å². The zero-order valence-electron chi connectivity index (χ0n) is 7.90. The fourth-order valence-electron chi connectivity index (χ4n) is 1.67. The molecule has 1 amide bonds. The Labute approximate surface area is 88.3 Å². The molecule has 1 aromatic carbocycles. The first-order valence-corrected chi connectivity index (χ1v) is 4.94. The molecular formula is C10H12N2OS. The largest absolute Gasteiger partial charge is 0.316 e. The van der Waals surface area contributed by atoms with E-state index in [9.17, 15) is 4.79 Å². The third-order valence-electron chi connectivity index (χ3n) is 2.52. The molecule has 1 heterocycles. The van der Waals surface area contributed by atoms with Gasteiger partial charge in [-0.2, -0.15) is 12.6 Å². The molecule has 0 fully saturated rings. The number of amides is 1. The molecule has 0 aromatic heterocycles. The number of benzene rings is 1. The monoisotopic (exact) mass is 208 g/mol. The second-order valence-corrected chi connectivity index (χ2v) is 4.02. The summed E-state index contributed by atoms with van der Waals surface area (Å²) in [6.45, 7) is 0. The van der Waals surface area contributed by atoms with Crippen LogP contribution < -0.4 is 10.6 Å². The van der Waals surface area contributed by atoms with Crippen molar-refractivity contribution in [1.82, 2.24) is 0 Å². The minimum Gasteiger partial charge on any atom is -0.316 e. The van der Waals surface area contributed by atoms with Gasteiger partial charge in [-0.3, -0.25) is 4.79 Å². The Morgan fingerprint density at radius 2 is 2.29 bits per heavy atom. The maximum absolute atomic E-state index is 11.4. The Morgan fingerprint density at radius 1 is 1.57 bits per heavy atom. The van der Waals surface area contributed by atoms with Crippen LogP contribution in [0.2, 0.25) is 0 Å². The molecule has 1 aliphatic rings. The highest BCUT2D eigenvalue weighted by Gasteiger charge is 2.24. The van der Waals surface area contributed by atoms with Crippen molar-refractivity contribution in [3.8, 4) is 0 Å². The van der Waals surface area contributed by atoms with Gasteiger partial charge < -0.3 is 10.6 Å². The van der Waals surface area contributed by atoms with Gasteiger partial charge in [0.05, 0.1) is 11.8 Å². The highest BCUT2D eigenvalue weighted by molar-refractivity contribution is 7.80. The fourth-order valence-corrected chi connectivity index (χ4v) is 1.83. The zero-order valence-corrected chi connectivity index (χ0v) is 8.79. The number of nitrogens with zero attached hydrogens (tertiary/aromatic N) is 1. The van der Waals surface area contributed by atoms with Crippen molar-refractivity contribution in [1.29, 1.82) is 0 Å². The summed E-state index contributed by atoms with van der Waals surface area (Å²) in [5.41, 5.74) is 8.62. The molecule has 1 atom stereocenters. The van der Waals surface area contributed by atoms with E-state index >= 15 is 0 Å². The predicted octanol–water partition coefficient (Wildman–Crippen LogP) is 1.09. The highest BCUT2D eigenvalue weighted by atomic mass is 32.1. The van der Waals surface area contributed by atoms with Crippen molar-refractivity contribution < 1.29 is 4.79 Å². The Hall–Kier alpha value is -1.00. The van der Waals surface area contributed by atoms with E-state index < -0.39 is 0 Å². The first-order valence-electron chi connectivity index (χ1n) is 4.42. The van der Waals surface area contributed by atoms with Gasteiger partial charge >= 0.3 is 0 Å². The number of thiol groups is 1. The maximum atomic E-state index is 11.4. The van der Waals surface area contributed by atoms with Crippen LogP contribution >= 0.6 is 12.6 Å². The van der Waals surface area contributed by atoms with Crippen LogP contribution in [-0.2, 0) is 11.2 Å². The summed E-state index contributed by atoms with van der Waals surface area (Å²) < 4.78 is 0. The smallest absolute Gasteiger partial charge is 0.231 e. The van der Waals surface area contributed by atoms with E-state index in [-0.39, 0.29) is 11.3 Å². The molecule has 0 bridgehead atoms. The summed E-state index contributed by atoms with van der Waals surface area (Å²) in [7, 11) is 1.79. The van der Waals surface area contributed by atoms with E-state index in [4.69, 9.17) is 5.73 Å². The van der Waals surface area contributed by atoms with Crippen LogP contribution in [0.4, 0.5) is 5.69 Å². The van der Waals surface area contributed by atoms with Crippen molar-refractivity contribution in [3.63, 3.8) is 0 Å². The van der Waals surface area contributed by atoms with Crippen LogP contribution in [0.15, 0.2) is 18.2 Å². The van der Waals surface area contributed by atoms with Gasteiger partial charge in [0.25, 0.3) is 0 Å². The number of hydrogen-bond acceptors (Lipinski definition) is 3. The number of carbonyl (C=O) groups is 1. The Bertz CT molecular complexity index is 390. The average molecular weight is 208 g/mol. The van der Waals surface area contributed by atoms with Gasteiger partial charge in [0.1, 0.15) is 0 Å². The standard InChI is InChI=1S/C10H12N2OS/c1-12-8-3-2-6(10(11)14)4-7(8)5-9(12)13/h2-4,10,14H,5,11H2,1H3. The minimum atomic E-state index is -0.277. The Kier molecular flexibility index (Phi) is 2.25. The molecule has 4 heteroatoms. The van der Waals surface area contributed by atoms with E-state index in [1.54, 1.807) is 11.9 Å². The Morgan fingerprint density at radius 3 is 2.93 bits per heavy atom. The summed E-state index contributed by atoms with van der Waals surface area (Å²) in [5.74, 6) is 0.130. The second kappa shape index (κ2) is 3.29. The first kappa shape index (κ1) is 9.55. The van der Waals surface area contributed by atoms with Gasteiger partial charge in [-0.25, -0.2) is 0 Å². The summed E-state index contributed by atoms with van der Waals surface area (Å²) in [6, 6.07) is 5.78. The first-order chi connectivity index (χ1) is 6.59. The molecule has 14 heavy (non-hydrogen) atoms. The number of fused-ring (bicyclic) bond motifs is 1. The fraction of sp³-hybridized carbons (Fsp3) is 0.300. The molecule has 0 aliphatic carbocycles. The summed E-state index contributed by atoms with van der Waals surface area (Å²) in [4.78, 5) is 13.1. The summed E-state index contributed by atoms with van der Waals surface area (Å²) in [5, 5.41) is -0.277. The van der Waals surface area contributed by atoms with E-state index in [1.165, 1.54) is 0 Å². The van der Waals surface area contributed by atoms with E-state index in [0.29, 0.717) is 6.42 Å². The molecule has 0 saturated carbocycles. The normalized spacial score (nSPS) is 17.1. The second-order valence-electron chi connectivity index (χ2n) is 3.46. The number of carbonyl (C=O) groups excluding carboxylic acids is 1. The molecule has 0 radical (unpaired) electrons. The SMILES string of the molecule is CN1C(=O)Cc2cc(C(N)S)ccc21. The lowest BCUT2D eigenvalue weighted by molar-refractivity contribution is -0.117. The zero-order chi connectivity index (χ0) is 10.3. The highest BCUT2D eigenvalue weighted by Crippen LogP contribution is 2.30. The Balaban J connectivity index is 2.44. The topological polar surface area (TPSA) is 46.3 Å². The molecule has 0 saturated heterocycles. The van der Waals surface area contributed by atoms with Gasteiger partial charge in [0.15, 0.2) is 0 Å². The van der Waals surface area contributed by atoms with Crippen molar-refractivity contribution in [2.45, 2.75) is 11.8 Å². The van der Waals surface area contributed by atoms with Crippen LogP contribution in [0.5, 0.6) is 0 Å². The van der Waals surface area contributed by atoms with Gasteiger partial charge in [-0.1, -0.05) is 12.1 Å². The maximum Gasteiger partial charge on any atom is 0.231 e. The van der Waals surface area contributed by atoms with Crippen LogP contribution in [0, 0.1) is 0 Å². The van der Waals surface area contributed by atoms with Crippen LogP contribution in [0.25, 0.3) is 0 Å². The van der Waals surface area contributed by atoms with Crippen molar-refractivity contribution in [2.24, 2.45) is 5.73 Å². The third kappa shape index (κ3) is 1.40. The number of hydrogen-bond donors (Lipinski definition) is 2. The number of nitrogens with two attached hydrogens (primary N) is 1. The van der Waals surface area contributed by atoms with Gasteiger partial charge in [-0.15, -0.1) is 0 Å². The molecule has 2 rings (SSSR count). The molecule has 2 N–H and O–H groups in total. The summed E-state index contributed by atoms with van der Waals surface area (Å²) in [6.07, 6.45) is 0.472. The molecule has 1 unspecified atom stereocenters. The lowest BCUT2D eigenvalue weighted by Crippen LogP contribution is -2.20. The molecule has 1 aliphatic heterocycles. The van der Waals surface area contributed by atoms with E-state index in [0.717, 1.165) is 16.8 Å². The molecule has 3 nitrogen and oxygen atoms in total. The van der Waals surface area contributed by atoms with Crippen LogP contribution in [-0.4, -0.2) is 13.0 Å². The number of rotatable bonds is 1. The molecular weight excluding hydrogens is 196 g/mol. The lowest BCUT2D eigenvalue weighted by atomic mass is 10.1. The third-order valence-corrected chi connectivity index (χ3v) is 2.82. The average Bonchev–Trinajstić information content (AvgIpc) is 2.42. The lowest BCUT2D eigenvalue weighted by Gasteiger charge is -2.11. The molecule has 1 aromatic rings. The predicted molar refractivity (Wildman–Crippen MR) is 59.5 cm³/mol. The van der Waals surface area contributed by atoms with Crippen LogP contribution in [0.3, 0.4) is 0 Å². The number of anilines is 1. The van der Waals surface area contributed by atoms with Gasteiger partial charge in [0.2, 0.25) is 5.91 Å². The van der Waals surface area contributed by atoms with E-state index in [1.807, 2.05) is 18.2 Å². The molecule has 0 spiro atoms. The van der Waals surface area contributed by atoms with Crippen molar-refractivity contribution >= 4 is 24.2 Å². The summed E-state index contributed by atoms with van der Waals surface area (Å²) >= 11 is 4.15.